The average molecular weight is 469 g/mol. The van der Waals surface area contributed by atoms with E-state index in [1.807, 2.05) is 24.3 Å². The molecule has 4 heterocycles. The Bertz CT molecular complexity index is 1670. The lowest BCUT2D eigenvalue weighted by molar-refractivity contribution is 0.572. The van der Waals surface area contributed by atoms with E-state index in [0.717, 1.165) is 41.5 Å². The fourth-order valence-corrected chi connectivity index (χ4v) is 4.50. The van der Waals surface area contributed by atoms with Crippen LogP contribution in [0, 0.1) is 23.2 Å². The molecule has 0 unspecified atom stereocenters. The third-order valence-corrected chi connectivity index (χ3v) is 6.25. The van der Waals surface area contributed by atoms with Gasteiger partial charge in [-0.15, -0.1) is 5.92 Å². The molecule has 1 aromatic carbocycles. The van der Waals surface area contributed by atoms with Gasteiger partial charge < -0.3 is 10.2 Å². The van der Waals surface area contributed by atoms with Crippen LogP contribution in [0.15, 0.2) is 39.9 Å². The number of fused-ring (bicyclic) bond motifs is 2. The number of hydrogen-bond donors (Lipinski definition) is 1. The van der Waals surface area contributed by atoms with E-state index >= 15 is 0 Å². The zero-order chi connectivity index (χ0) is 24.5. The summed E-state index contributed by atoms with van der Waals surface area (Å²) in [5, 5.41) is 14.5. The van der Waals surface area contributed by atoms with Crippen LogP contribution in [0.4, 0.5) is 5.95 Å². The standard InChI is InChI=1S/C25H24N8O2/c1-3-4-11-32-21-22(29-24(32)31-12-9-27-10-13-31)30(2)25(35)33(23(21)34)16-18-14-17-7-5-6-8-19(17)20(15-26)28-18/h5-8,14,27H,9-13,16H2,1-2H3. The van der Waals surface area contributed by atoms with Crippen LogP contribution in [0.1, 0.15) is 18.3 Å². The number of nitriles is 1. The van der Waals surface area contributed by atoms with Gasteiger partial charge in [-0.1, -0.05) is 30.2 Å². The van der Waals surface area contributed by atoms with Gasteiger partial charge in [-0.2, -0.15) is 10.2 Å². The lowest BCUT2D eigenvalue weighted by atomic mass is 10.1. The van der Waals surface area contributed by atoms with E-state index in [1.54, 1.807) is 24.6 Å². The van der Waals surface area contributed by atoms with Crippen LogP contribution in [-0.2, 0) is 20.1 Å². The maximum atomic E-state index is 13.7. The van der Waals surface area contributed by atoms with Crippen molar-refractivity contribution in [2.75, 3.05) is 31.1 Å². The number of nitrogens with one attached hydrogen (secondary N) is 1. The number of aromatic nitrogens is 5. The van der Waals surface area contributed by atoms with Crippen molar-refractivity contribution < 1.29 is 0 Å². The maximum absolute atomic E-state index is 13.7. The fourth-order valence-electron chi connectivity index (χ4n) is 4.50. The highest BCUT2D eigenvalue weighted by molar-refractivity contribution is 5.86. The monoisotopic (exact) mass is 468 g/mol. The van der Waals surface area contributed by atoms with Crippen LogP contribution in [0.3, 0.4) is 0 Å². The molecule has 35 heavy (non-hydrogen) atoms. The van der Waals surface area contributed by atoms with E-state index in [4.69, 9.17) is 4.98 Å². The van der Waals surface area contributed by atoms with Crippen LogP contribution in [0.5, 0.6) is 0 Å². The number of benzene rings is 1. The summed E-state index contributed by atoms with van der Waals surface area (Å²) >= 11 is 0. The van der Waals surface area contributed by atoms with Gasteiger partial charge in [-0.05, 0) is 18.4 Å². The topological polar surface area (TPSA) is 114 Å². The van der Waals surface area contributed by atoms with Crippen molar-refractivity contribution in [3.05, 3.63) is 62.6 Å². The number of aryl methyl sites for hydroxylation is 1. The SMILES string of the molecule is CC#CCn1c(N2CCNCC2)nc2c1c(=O)n(Cc1cc3ccccc3c(C#N)n1)c(=O)n2C. The van der Waals surface area contributed by atoms with Gasteiger partial charge in [0, 0.05) is 38.6 Å². The van der Waals surface area contributed by atoms with Crippen LogP contribution in [-0.4, -0.2) is 49.8 Å². The van der Waals surface area contributed by atoms with Gasteiger partial charge in [0.2, 0.25) is 5.95 Å². The first-order valence-electron chi connectivity index (χ1n) is 11.4. The van der Waals surface area contributed by atoms with E-state index in [0.29, 0.717) is 22.8 Å². The van der Waals surface area contributed by atoms with Crippen molar-refractivity contribution in [1.82, 2.24) is 29.0 Å². The summed E-state index contributed by atoms with van der Waals surface area (Å²) in [5.41, 5.74) is 0.419. The number of pyridine rings is 1. The third-order valence-electron chi connectivity index (χ3n) is 6.25. The maximum Gasteiger partial charge on any atom is 0.332 e. The van der Waals surface area contributed by atoms with E-state index in [1.165, 1.54) is 4.57 Å². The number of rotatable bonds is 4. The van der Waals surface area contributed by atoms with Crippen molar-refractivity contribution in [3.63, 3.8) is 0 Å². The summed E-state index contributed by atoms with van der Waals surface area (Å²) in [5.74, 6) is 6.55. The number of nitrogens with zero attached hydrogens (tertiary/aromatic N) is 7. The molecule has 10 nitrogen and oxygen atoms in total. The molecule has 3 aromatic heterocycles. The second-order valence-electron chi connectivity index (χ2n) is 8.36. The summed E-state index contributed by atoms with van der Waals surface area (Å²) in [6.07, 6.45) is 0. The van der Waals surface area contributed by atoms with Crippen molar-refractivity contribution >= 4 is 27.9 Å². The molecule has 4 aromatic rings. The number of hydrogen-bond acceptors (Lipinski definition) is 7. The van der Waals surface area contributed by atoms with Crippen LogP contribution in [0.25, 0.3) is 21.9 Å². The quantitative estimate of drug-likeness (QED) is 0.441. The van der Waals surface area contributed by atoms with Crippen LogP contribution < -0.4 is 21.5 Å². The molecule has 1 N–H and O–H groups in total. The van der Waals surface area contributed by atoms with Gasteiger partial charge in [0.05, 0.1) is 18.8 Å². The van der Waals surface area contributed by atoms with Crippen molar-refractivity contribution in [1.29, 1.82) is 5.26 Å². The van der Waals surface area contributed by atoms with Crippen LogP contribution >= 0.6 is 0 Å². The Labute approximate surface area is 201 Å². The minimum Gasteiger partial charge on any atom is -0.340 e. The predicted molar refractivity (Wildman–Crippen MR) is 133 cm³/mol. The zero-order valence-corrected chi connectivity index (χ0v) is 19.6. The summed E-state index contributed by atoms with van der Waals surface area (Å²) in [6, 6.07) is 11.3. The first-order valence-corrected chi connectivity index (χ1v) is 11.4. The average Bonchev–Trinajstić information content (AvgIpc) is 3.28. The van der Waals surface area contributed by atoms with Crippen molar-refractivity contribution in [2.45, 2.75) is 20.0 Å². The second-order valence-corrected chi connectivity index (χ2v) is 8.36. The molecule has 1 fully saturated rings. The van der Waals surface area contributed by atoms with Gasteiger partial charge in [0.25, 0.3) is 5.56 Å². The Morgan fingerprint density at radius 2 is 1.89 bits per heavy atom. The van der Waals surface area contributed by atoms with Crippen molar-refractivity contribution in [3.8, 4) is 17.9 Å². The minimum absolute atomic E-state index is 0.0609. The highest BCUT2D eigenvalue weighted by Crippen LogP contribution is 2.21. The van der Waals surface area contributed by atoms with Gasteiger partial charge >= 0.3 is 5.69 Å². The molecule has 5 rings (SSSR count). The third kappa shape index (κ3) is 3.84. The molecule has 176 valence electrons. The van der Waals surface area contributed by atoms with Gasteiger partial charge in [-0.3, -0.25) is 18.5 Å². The molecule has 1 aliphatic heterocycles. The summed E-state index contributed by atoms with van der Waals surface area (Å²) in [6.45, 7) is 5.06. The van der Waals surface area contributed by atoms with Gasteiger partial charge in [0.1, 0.15) is 11.8 Å². The van der Waals surface area contributed by atoms with E-state index in [-0.39, 0.29) is 18.8 Å². The Kier molecular flexibility index (Phi) is 5.81. The highest BCUT2D eigenvalue weighted by Gasteiger charge is 2.24. The van der Waals surface area contributed by atoms with Crippen molar-refractivity contribution in [2.24, 2.45) is 7.05 Å². The molecule has 0 aliphatic carbocycles. The molecule has 10 heteroatoms. The summed E-state index contributed by atoms with van der Waals surface area (Å²) < 4.78 is 4.34. The first-order chi connectivity index (χ1) is 17.0. The largest absolute Gasteiger partial charge is 0.340 e. The number of imidazole rings is 1. The zero-order valence-electron chi connectivity index (χ0n) is 19.6. The molecule has 0 atom stereocenters. The lowest BCUT2D eigenvalue weighted by Crippen LogP contribution is -2.44. The molecule has 0 spiro atoms. The first kappa shape index (κ1) is 22.4. The Balaban J connectivity index is 1.70. The Morgan fingerprint density at radius 1 is 1.11 bits per heavy atom. The van der Waals surface area contributed by atoms with Crippen LogP contribution in [0.2, 0.25) is 0 Å². The smallest absolute Gasteiger partial charge is 0.332 e. The fraction of sp³-hybridized carbons (Fsp3) is 0.320. The molecule has 0 amide bonds. The normalized spacial score (nSPS) is 13.6. The Hall–Kier alpha value is -4.41. The summed E-state index contributed by atoms with van der Waals surface area (Å²) in [4.78, 5) is 38.2. The molecular formula is C25H24N8O2. The molecule has 0 radical (unpaired) electrons. The van der Waals surface area contributed by atoms with Gasteiger partial charge in [-0.25, -0.2) is 9.78 Å². The highest BCUT2D eigenvalue weighted by atomic mass is 16.2. The Morgan fingerprint density at radius 3 is 2.63 bits per heavy atom. The molecular weight excluding hydrogens is 444 g/mol. The van der Waals surface area contributed by atoms with E-state index in [9.17, 15) is 14.9 Å². The van der Waals surface area contributed by atoms with Gasteiger partial charge in [0.15, 0.2) is 11.2 Å². The van der Waals surface area contributed by atoms with E-state index in [2.05, 4.69) is 33.1 Å². The van der Waals surface area contributed by atoms with E-state index < -0.39 is 11.2 Å². The second kappa shape index (κ2) is 9.09. The molecule has 1 aliphatic rings. The minimum atomic E-state index is -0.492. The predicted octanol–water partition coefficient (Wildman–Crippen LogP) is 0.798. The molecule has 0 saturated carbocycles. The summed E-state index contributed by atoms with van der Waals surface area (Å²) in [7, 11) is 1.61. The number of anilines is 1. The molecule has 0 bridgehead atoms. The molecule has 1 saturated heterocycles. The number of piperazine rings is 1. The lowest BCUT2D eigenvalue weighted by Gasteiger charge is -2.28.